The SMILES string of the molecule is COc1ccc(C(CN)C(=O)O)c(OC)c1Br. The maximum absolute atomic E-state index is 11.1. The molecule has 0 heterocycles. The molecular weight excluding hydrogens is 290 g/mol. The molecule has 0 aliphatic carbocycles. The Morgan fingerprint density at radius 3 is 2.53 bits per heavy atom. The first-order valence-electron chi connectivity index (χ1n) is 4.90. The average molecular weight is 304 g/mol. The lowest BCUT2D eigenvalue weighted by Gasteiger charge is -2.17. The van der Waals surface area contributed by atoms with Crippen LogP contribution in [0.15, 0.2) is 16.6 Å². The van der Waals surface area contributed by atoms with Crippen molar-refractivity contribution >= 4 is 21.9 Å². The number of rotatable bonds is 5. The standard InChI is InChI=1S/C11H14BrNO4/c1-16-8-4-3-6(7(5-13)11(14)15)10(17-2)9(8)12/h3-4,7H,5,13H2,1-2H3,(H,14,15). The molecule has 1 aromatic rings. The Morgan fingerprint density at radius 2 is 2.12 bits per heavy atom. The first-order valence-corrected chi connectivity index (χ1v) is 5.69. The third kappa shape index (κ3) is 2.70. The Balaban J connectivity index is 3.33. The van der Waals surface area contributed by atoms with Gasteiger partial charge in [-0.1, -0.05) is 6.07 Å². The molecule has 94 valence electrons. The lowest BCUT2D eigenvalue weighted by Crippen LogP contribution is -2.21. The Hall–Kier alpha value is -1.27. The summed E-state index contributed by atoms with van der Waals surface area (Å²) >= 11 is 3.32. The monoisotopic (exact) mass is 303 g/mol. The van der Waals surface area contributed by atoms with Gasteiger partial charge in [0.1, 0.15) is 16.0 Å². The molecule has 3 N–H and O–H groups in total. The second-order valence-electron chi connectivity index (χ2n) is 3.33. The summed E-state index contributed by atoms with van der Waals surface area (Å²) in [7, 11) is 3.00. The van der Waals surface area contributed by atoms with E-state index in [1.807, 2.05) is 0 Å². The molecular formula is C11H14BrNO4. The van der Waals surface area contributed by atoms with E-state index in [0.29, 0.717) is 21.5 Å². The molecule has 0 fully saturated rings. The fourth-order valence-corrected chi connectivity index (χ4v) is 2.24. The number of methoxy groups -OCH3 is 2. The summed E-state index contributed by atoms with van der Waals surface area (Å²) in [5.74, 6) is -0.774. The number of aliphatic carboxylic acids is 1. The van der Waals surface area contributed by atoms with Crippen molar-refractivity contribution in [2.24, 2.45) is 5.73 Å². The van der Waals surface area contributed by atoms with Gasteiger partial charge in [-0.15, -0.1) is 0 Å². The van der Waals surface area contributed by atoms with E-state index in [4.69, 9.17) is 20.3 Å². The van der Waals surface area contributed by atoms with Crippen molar-refractivity contribution in [3.8, 4) is 11.5 Å². The molecule has 1 atom stereocenters. The number of carboxylic acids is 1. The van der Waals surface area contributed by atoms with E-state index >= 15 is 0 Å². The van der Waals surface area contributed by atoms with Crippen LogP contribution in [-0.2, 0) is 4.79 Å². The van der Waals surface area contributed by atoms with Crippen molar-refractivity contribution in [1.82, 2.24) is 0 Å². The number of carboxylic acid groups (broad SMARTS) is 1. The highest BCUT2D eigenvalue weighted by Crippen LogP contribution is 2.40. The topological polar surface area (TPSA) is 81.8 Å². The van der Waals surface area contributed by atoms with Gasteiger partial charge in [0, 0.05) is 12.1 Å². The van der Waals surface area contributed by atoms with E-state index in [0.717, 1.165) is 0 Å². The Kier molecular flexibility index (Phi) is 4.77. The van der Waals surface area contributed by atoms with Crippen LogP contribution in [0, 0.1) is 0 Å². The van der Waals surface area contributed by atoms with Gasteiger partial charge in [-0.3, -0.25) is 4.79 Å². The highest BCUT2D eigenvalue weighted by atomic mass is 79.9. The lowest BCUT2D eigenvalue weighted by molar-refractivity contribution is -0.138. The van der Waals surface area contributed by atoms with Gasteiger partial charge in [-0.05, 0) is 22.0 Å². The molecule has 0 saturated heterocycles. The first kappa shape index (κ1) is 13.8. The molecule has 5 nitrogen and oxygen atoms in total. The molecule has 0 aromatic heterocycles. The zero-order valence-electron chi connectivity index (χ0n) is 9.57. The number of hydrogen-bond donors (Lipinski definition) is 2. The van der Waals surface area contributed by atoms with Gasteiger partial charge < -0.3 is 20.3 Å². The summed E-state index contributed by atoms with van der Waals surface area (Å²) in [4.78, 5) is 11.1. The Labute approximate surface area is 108 Å². The van der Waals surface area contributed by atoms with Crippen LogP contribution in [0.3, 0.4) is 0 Å². The minimum Gasteiger partial charge on any atom is -0.495 e. The highest BCUT2D eigenvalue weighted by Gasteiger charge is 2.24. The van der Waals surface area contributed by atoms with Crippen molar-refractivity contribution < 1.29 is 19.4 Å². The third-order valence-corrected chi connectivity index (χ3v) is 3.18. The summed E-state index contributed by atoms with van der Waals surface area (Å²) in [5, 5.41) is 9.08. The van der Waals surface area contributed by atoms with Gasteiger partial charge in [-0.2, -0.15) is 0 Å². The zero-order valence-corrected chi connectivity index (χ0v) is 11.2. The molecule has 0 bridgehead atoms. The van der Waals surface area contributed by atoms with Gasteiger partial charge in [0.15, 0.2) is 0 Å². The van der Waals surface area contributed by atoms with Crippen molar-refractivity contribution in [1.29, 1.82) is 0 Å². The van der Waals surface area contributed by atoms with Crippen molar-refractivity contribution in [2.45, 2.75) is 5.92 Å². The maximum atomic E-state index is 11.1. The number of hydrogen-bond acceptors (Lipinski definition) is 4. The molecule has 1 unspecified atom stereocenters. The molecule has 0 aliphatic heterocycles. The number of nitrogens with two attached hydrogens (primary N) is 1. The average Bonchev–Trinajstić information content (AvgIpc) is 2.30. The van der Waals surface area contributed by atoms with E-state index in [2.05, 4.69) is 15.9 Å². The maximum Gasteiger partial charge on any atom is 0.312 e. The first-order chi connectivity index (χ1) is 8.06. The molecule has 1 rings (SSSR count). The Bertz CT molecular complexity index is 422. The van der Waals surface area contributed by atoms with Crippen molar-refractivity contribution in [3.05, 3.63) is 22.2 Å². The quantitative estimate of drug-likeness (QED) is 0.863. The van der Waals surface area contributed by atoms with Crippen LogP contribution in [0.2, 0.25) is 0 Å². The molecule has 17 heavy (non-hydrogen) atoms. The molecule has 0 radical (unpaired) electrons. The third-order valence-electron chi connectivity index (χ3n) is 2.43. The number of carbonyl (C=O) groups is 1. The fourth-order valence-electron chi connectivity index (χ4n) is 1.55. The van der Waals surface area contributed by atoms with E-state index < -0.39 is 11.9 Å². The minimum atomic E-state index is -0.983. The van der Waals surface area contributed by atoms with E-state index in [1.54, 1.807) is 12.1 Å². The smallest absolute Gasteiger partial charge is 0.312 e. The summed E-state index contributed by atoms with van der Waals surface area (Å²) in [6.07, 6.45) is 0. The number of ether oxygens (including phenoxy) is 2. The lowest BCUT2D eigenvalue weighted by atomic mass is 9.98. The number of benzene rings is 1. The van der Waals surface area contributed by atoms with E-state index in [-0.39, 0.29) is 6.54 Å². The summed E-state index contributed by atoms with van der Waals surface area (Å²) in [6, 6.07) is 3.32. The molecule has 0 aliphatic rings. The van der Waals surface area contributed by atoms with Gasteiger partial charge in [0.2, 0.25) is 0 Å². The fraction of sp³-hybridized carbons (Fsp3) is 0.364. The van der Waals surface area contributed by atoms with Gasteiger partial charge >= 0.3 is 5.97 Å². The predicted octanol–water partition coefficient (Wildman–Crippen LogP) is 1.59. The van der Waals surface area contributed by atoms with Crippen LogP contribution in [0.25, 0.3) is 0 Å². The van der Waals surface area contributed by atoms with Crippen LogP contribution >= 0.6 is 15.9 Å². The van der Waals surface area contributed by atoms with Crippen molar-refractivity contribution in [3.63, 3.8) is 0 Å². The van der Waals surface area contributed by atoms with Gasteiger partial charge in [0.25, 0.3) is 0 Å². The molecule has 0 amide bonds. The summed E-state index contributed by atoms with van der Waals surface area (Å²) < 4.78 is 10.9. The van der Waals surface area contributed by atoms with E-state index in [1.165, 1.54) is 14.2 Å². The van der Waals surface area contributed by atoms with Crippen LogP contribution in [0.1, 0.15) is 11.5 Å². The van der Waals surface area contributed by atoms with E-state index in [9.17, 15) is 4.79 Å². The van der Waals surface area contributed by atoms with Crippen LogP contribution < -0.4 is 15.2 Å². The van der Waals surface area contributed by atoms with Crippen molar-refractivity contribution in [2.75, 3.05) is 20.8 Å². The molecule has 1 aromatic carbocycles. The van der Waals surface area contributed by atoms with Crippen LogP contribution in [-0.4, -0.2) is 31.8 Å². The van der Waals surface area contributed by atoms with Crippen LogP contribution in [0.5, 0.6) is 11.5 Å². The van der Waals surface area contributed by atoms with Gasteiger partial charge in [-0.25, -0.2) is 0 Å². The second-order valence-corrected chi connectivity index (χ2v) is 4.12. The predicted molar refractivity (Wildman–Crippen MR) is 66.7 cm³/mol. The van der Waals surface area contributed by atoms with Crippen LogP contribution in [0.4, 0.5) is 0 Å². The number of halogens is 1. The molecule has 6 heteroatoms. The summed E-state index contributed by atoms with van der Waals surface area (Å²) in [5.41, 5.74) is 5.99. The minimum absolute atomic E-state index is 0.00443. The van der Waals surface area contributed by atoms with Gasteiger partial charge in [0.05, 0.1) is 20.1 Å². The molecule has 0 saturated carbocycles. The summed E-state index contributed by atoms with van der Waals surface area (Å²) in [6.45, 7) is 0.00443. The second kappa shape index (κ2) is 5.88. The highest BCUT2D eigenvalue weighted by molar-refractivity contribution is 9.10. The normalized spacial score (nSPS) is 12.0. The largest absolute Gasteiger partial charge is 0.495 e. The Morgan fingerprint density at radius 1 is 1.47 bits per heavy atom. The molecule has 0 spiro atoms. The zero-order chi connectivity index (χ0) is 13.0.